The Kier molecular flexibility index (Phi) is 2.29. The van der Waals surface area contributed by atoms with Crippen LogP contribution in [0.3, 0.4) is 0 Å². The lowest BCUT2D eigenvalue weighted by atomic mass is 10.3. The van der Waals surface area contributed by atoms with Crippen molar-refractivity contribution in [2.75, 3.05) is 11.1 Å². The van der Waals surface area contributed by atoms with Gasteiger partial charge in [-0.15, -0.1) is 0 Å². The average Bonchev–Trinajstić information content (AvgIpc) is 2.58. The van der Waals surface area contributed by atoms with Crippen molar-refractivity contribution in [2.45, 2.75) is 13.8 Å². The minimum atomic E-state index is 0.539. The minimum absolute atomic E-state index is 0.539. The molecule has 15 heavy (non-hydrogen) atoms. The fourth-order valence-corrected chi connectivity index (χ4v) is 1.21. The predicted octanol–water partition coefficient (Wildman–Crippen LogP) is 2.01. The maximum absolute atomic E-state index is 5.76. The molecule has 0 bridgehead atoms. The van der Waals surface area contributed by atoms with E-state index in [-0.39, 0.29) is 0 Å². The molecule has 0 saturated carbocycles. The van der Waals surface area contributed by atoms with Crippen LogP contribution in [0.25, 0.3) is 0 Å². The zero-order valence-electron chi connectivity index (χ0n) is 8.61. The molecule has 0 amide bonds. The molecule has 2 rings (SSSR count). The number of aromatic nitrogens is 2. The maximum atomic E-state index is 5.76. The van der Waals surface area contributed by atoms with Crippen LogP contribution in [0.15, 0.2) is 22.7 Å². The average molecular weight is 204 g/mol. The van der Waals surface area contributed by atoms with Crippen molar-refractivity contribution in [1.29, 1.82) is 0 Å². The lowest BCUT2D eigenvalue weighted by molar-refractivity contribution is 0.430. The van der Waals surface area contributed by atoms with Gasteiger partial charge in [0, 0.05) is 11.8 Å². The van der Waals surface area contributed by atoms with E-state index in [1.807, 2.05) is 19.9 Å². The van der Waals surface area contributed by atoms with Gasteiger partial charge in [0.2, 0.25) is 5.88 Å². The molecule has 0 aliphatic carbocycles. The molecule has 0 atom stereocenters. The van der Waals surface area contributed by atoms with Crippen molar-refractivity contribution >= 4 is 17.4 Å². The SMILES string of the molecule is Cc1cc(Nc2nc(C)ccc2N)on1. The molecule has 78 valence electrons. The van der Waals surface area contributed by atoms with Crippen LogP contribution in [0.5, 0.6) is 0 Å². The number of nitrogen functional groups attached to an aromatic ring is 1. The lowest BCUT2D eigenvalue weighted by Crippen LogP contribution is -1.99. The number of nitrogens with one attached hydrogen (secondary N) is 1. The molecule has 3 N–H and O–H groups in total. The van der Waals surface area contributed by atoms with E-state index >= 15 is 0 Å². The van der Waals surface area contributed by atoms with Gasteiger partial charge in [0.1, 0.15) is 0 Å². The Morgan fingerprint density at radius 3 is 2.73 bits per heavy atom. The third kappa shape index (κ3) is 2.07. The highest BCUT2D eigenvalue weighted by molar-refractivity contribution is 5.66. The summed E-state index contributed by atoms with van der Waals surface area (Å²) in [5.74, 6) is 1.13. The number of anilines is 3. The van der Waals surface area contributed by atoms with Gasteiger partial charge < -0.3 is 15.6 Å². The van der Waals surface area contributed by atoms with Gasteiger partial charge in [-0.3, -0.25) is 0 Å². The van der Waals surface area contributed by atoms with Crippen molar-refractivity contribution in [1.82, 2.24) is 10.1 Å². The van der Waals surface area contributed by atoms with Gasteiger partial charge in [-0.25, -0.2) is 4.98 Å². The first-order valence-corrected chi connectivity index (χ1v) is 4.58. The molecular formula is C10H12N4O. The van der Waals surface area contributed by atoms with Crippen molar-refractivity contribution in [3.63, 3.8) is 0 Å². The van der Waals surface area contributed by atoms with Crippen molar-refractivity contribution in [3.8, 4) is 0 Å². The van der Waals surface area contributed by atoms with Crippen LogP contribution in [0.4, 0.5) is 17.4 Å². The number of hydrogen-bond donors (Lipinski definition) is 2. The molecule has 0 fully saturated rings. The molecule has 5 nitrogen and oxygen atoms in total. The Morgan fingerprint density at radius 2 is 2.07 bits per heavy atom. The van der Waals surface area contributed by atoms with Gasteiger partial charge in [0.05, 0.1) is 11.4 Å². The van der Waals surface area contributed by atoms with Crippen LogP contribution < -0.4 is 11.1 Å². The molecule has 0 aliphatic heterocycles. The van der Waals surface area contributed by atoms with Crippen LogP contribution in [-0.4, -0.2) is 10.1 Å². The number of nitrogens with zero attached hydrogens (tertiary/aromatic N) is 2. The van der Waals surface area contributed by atoms with E-state index in [0.717, 1.165) is 11.4 Å². The fourth-order valence-electron chi connectivity index (χ4n) is 1.21. The normalized spacial score (nSPS) is 10.3. The summed E-state index contributed by atoms with van der Waals surface area (Å²) in [5, 5.41) is 6.73. The van der Waals surface area contributed by atoms with Crippen LogP contribution in [0.2, 0.25) is 0 Å². The molecular weight excluding hydrogens is 192 g/mol. The Bertz CT molecular complexity index is 478. The van der Waals surface area contributed by atoms with E-state index in [9.17, 15) is 0 Å². The van der Waals surface area contributed by atoms with Crippen LogP contribution in [-0.2, 0) is 0 Å². The van der Waals surface area contributed by atoms with Crippen LogP contribution in [0.1, 0.15) is 11.4 Å². The van der Waals surface area contributed by atoms with Crippen LogP contribution in [0, 0.1) is 13.8 Å². The maximum Gasteiger partial charge on any atom is 0.230 e. The summed E-state index contributed by atoms with van der Waals surface area (Å²) in [6, 6.07) is 5.43. The largest absolute Gasteiger partial charge is 0.396 e. The molecule has 2 aromatic rings. The second-order valence-corrected chi connectivity index (χ2v) is 3.35. The Balaban J connectivity index is 2.27. The van der Waals surface area contributed by atoms with Crippen molar-refractivity contribution < 1.29 is 4.52 Å². The Morgan fingerprint density at radius 1 is 1.27 bits per heavy atom. The number of rotatable bonds is 2. The molecule has 0 saturated heterocycles. The third-order valence-corrected chi connectivity index (χ3v) is 1.94. The monoisotopic (exact) mass is 204 g/mol. The van der Waals surface area contributed by atoms with E-state index in [1.165, 1.54) is 0 Å². The smallest absolute Gasteiger partial charge is 0.230 e. The molecule has 0 aliphatic rings. The molecule has 5 heteroatoms. The Labute approximate surface area is 87.3 Å². The summed E-state index contributed by atoms with van der Waals surface area (Å²) >= 11 is 0. The topological polar surface area (TPSA) is 77.0 Å². The second kappa shape index (κ2) is 3.61. The van der Waals surface area contributed by atoms with Gasteiger partial charge in [-0.2, -0.15) is 0 Å². The minimum Gasteiger partial charge on any atom is -0.396 e. The zero-order chi connectivity index (χ0) is 10.8. The third-order valence-electron chi connectivity index (χ3n) is 1.94. The van der Waals surface area contributed by atoms with Crippen molar-refractivity contribution in [2.24, 2.45) is 0 Å². The highest BCUT2D eigenvalue weighted by atomic mass is 16.5. The summed E-state index contributed by atoms with van der Waals surface area (Å²) in [5.41, 5.74) is 8.04. The predicted molar refractivity (Wildman–Crippen MR) is 57.9 cm³/mol. The van der Waals surface area contributed by atoms with E-state index in [2.05, 4.69) is 15.5 Å². The van der Waals surface area contributed by atoms with Gasteiger partial charge in [0.25, 0.3) is 0 Å². The molecule has 0 aromatic carbocycles. The highest BCUT2D eigenvalue weighted by Gasteiger charge is 2.05. The van der Waals surface area contributed by atoms with Gasteiger partial charge in [0.15, 0.2) is 5.82 Å². The first-order chi connectivity index (χ1) is 7.15. The fraction of sp³-hybridized carbons (Fsp3) is 0.200. The number of aryl methyl sites for hydroxylation is 2. The molecule has 0 spiro atoms. The summed E-state index contributed by atoms with van der Waals surface area (Å²) in [4.78, 5) is 4.25. The van der Waals surface area contributed by atoms with Crippen molar-refractivity contribution in [3.05, 3.63) is 29.6 Å². The van der Waals surface area contributed by atoms with Gasteiger partial charge in [-0.1, -0.05) is 5.16 Å². The molecule has 0 unspecified atom stereocenters. The first-order valence-electron chi connectivity index (χ1n) is 4.58. The quantitative estimate of drug-likeness (QED) is 0.782. The van der Waals surface area contributed by atoms with E-state index in [1.54, 1.807) is 12.1 Å². The van der Waals surface area contributed by atoms with Gasteiger partial charge in [-0.05, 0) is 26.0 Å². The zero-order valence-corrected chi connectivity index (χ0v) is 8.61. The molecule has 2 aromatic heterocycles. The summed E-state index contributed by atoms with van der Waals surface area (Å²) in [6.45, 7) is 3.75. The molecule has 2 heterocycles. The first kappa shape index (κ1) is 9.51. The second-order valence-electron chi connectivity index (χ2n) is 3.35. The summed E-state index contributed by atoms with van der Waals surface area (Å²) in [6.07, 6.45) is 0. The van der Waals surface area contributed by atoms with E-state index in [4.69, 9.17) is 10.3 Å². The van der Waals surface area contributed by atoms with E-state index < -0.39 is 0 Å². The number of nitrogens with two attached hydrogens (primary N) is 1. The van der Waals surface area contributed by atoms with Crippen LogP contribution >= 0.6 is 0 Å². The highest BCUT2D eigenvalue weighted by Crippen LogP contribution is 2.21. The molecule has 0 radical (unpaired) electrons. The Hall–Kier alpha value is -2.04. The number of pyridine rings is 1. The van der Waals surface area contributed by atoms with Gasteiger partial charge >= 0.3 is 0 Å². The van der Waals surface area contributed by atoms with E-state index in [0.29, 0.717) is 17.4 Å². The summed E-state index contributed by atoms with van der Waals surface area (Å²) < 4.78 is 5.01. The number of hydrogen-bond acceptors (Lipinski definition) is 5. The standard InChI is InChI=1S/C10H12N4O/c1-6-3-4-8(11)10(12-6)13-9-5-7(2)14-15-9/h3-5H,11H2,1-2H3,(H,12,13). The summed E-state index contributed by atoms with van der Waals surface area (Å²) in [7, 11) is 0. The lowest BCUT2D eigenvalue weighted by Gasteiger charge is -2.05.